The molecule has 4 atom stereocenters. The Bertz CT molecular complexity index is 1430. The number of primary amides is 1. The molecule has 0 aromatic heterocycles. The normalized spacial score (nSPS) is 30.0. The molecule has 3 saturated carbocycles. The Labute approximate surface area is 236 Å². The lowest BCUT2D eigenvalue weighted by molar-refractivity contribution is -0.153. The number of amides is 1. The number of carbonyl (C=O) groups excluding carboxylic acids is 3. The first-order chi connectivity index (χ1) is 19.4. The predicted octanol–water partition coefficient (Wildman–Crippen LogP) is 1.87. The lowest BCUT2D eigenvalue weighted by Gasteiger charge is -2.50. The molecule has 0 radical (unpaired) electrons. The Morgan fingerprint density at radius 1 is 1.15 bits per heavy atom. The van der Waals surface area contributed by atoms with Crippen LogP contribution in [-0.2, 0) is 27.3 Å². The molecular weight excluding hydrogens is 533 g/mol. The third-order valence-corrected chi connectivity index (χ3v) is 9.88. The number of Topliss-reactive ketones (excluding diaryl/α,β-unsaturated/α-hetero) is 2. The predicted molar refractivity (Wildman–Crippen MR) is 145 cm³/mol. The molecule has 1 aromatic rings. The fraction of sp³-hybridized carbons (Fsp3) is 0.567. The second-order valence-electron chi connectivity index (χ2n) is 12.6. The van der Waals surface area contributed by atoms with Gasteiger partial charge in [0.15, 0.2) is 11.4 Å². The minimum absolute atomic E-state index is 0.0617. The van der Waals surface area contributed by atoms with Gasteiger partial charge in [0.1, 0.15) is 28.7 Å². The van der Waals surface area contributed by atoms with E-state index in [-0.39, 0.29) is 35.3 Å². The zero-order valence-electron chi connectivity index (χ0n) is 23.2. The van der Waals surface area contributed by atoms with Gasteiger partial charge < -0.3 is 26.2 Å². The minimum atomic E-state index is -2.72. The number of ketones is 2. The van der Waals surface area contributed by atoms with Gasteiger partial charge in [-0.15, -0.1) is 0 Å². The van der Waals surface area contributed by atoms with Crippen molar-refractivity contribution in [3.05, 3.63) is 45.5 Å². The molecule has 6 rings (SSSR count). The number of aliphatic hydroxyl groups excluding tert-OH is 2. The summed E-state index contributed by atoms with van der Waals surface area (Å²) < 4.78 is 16.2. The summed E-state index contributed by atoms with van der Waals surface area (Å²) >= 11 is 0. The van der Waals surface area contributed by atoms with E-state index in [9.17, 15) is 34.8 Å². The molecule has 6 N–H and O–H groups in total. The number of carbonyl (C=O) groups is 3. The number of hydrogen-bond donors (Lipinski definition) is 5. The molecule has 0 saturated heterocycles. The van der Waals surface area contributed by atoms with Gasteiger partial charge in [-0.05, 0) is 70.5 Å². The average Bonchev–Trinajstić information content (AvgIpc) is 3.67. The Balaban J connectivity index is 1.43. The molecule has 11 heteroatoms. The Hall–Kier alpha value is -3.28. The highest BCUT2D eigenvalue weighted by Crippen LogP contribution is 2.53. The van der Waals surface area contributed by atoms with Crippen LogP contribution >= 0.6 is 0 Å². The van der Waals surface area contributed by atoms with Crippen LogP contribution in [0.15, 0.2) is 23.0 Å². The molecule has 0 spiro atoms. The summed E-state index contributed by atoms with van der Waals surface area (Å²) in [6.45, 7) is 1.20. The summed E-state index contributed by atoms with van der Waals surface area (Å²) in [5, 5.41) is 44.9. The summed E-state index contributed by atoms with van der Waals surface area (Å²) in [6, 6.07) is 0.480. The number of hydrogen-bond acceptors (Lipinski definition) is 9. The highest BCUT2D eigenvalue weighted by molar-refractivity contribution is 6.24. The summed E-state index contributed by atoms with van der Waals surface area (Å²) in [6.07, 6.45) is 5.42. The van der Waals surface area contributed by atoms with Crippen LogP contribution in [0.25, 0.3) is 5.76 Å². The molecule has 5 aliphatic rings. The number of phenolic OH excluding ortho intramolecular Hbond substituents is 1. The number of halogens is 1. The molecule has 0 unspecified atom stereocenters. The maximum Gasteiger partial charge on any atom is 0.255 e. The van der Waals surface area contributed by atoms with Gasteiger partial charge in [-0.25, -0.2) is 4.39 Å². The third-order valence-electron chi connectivity index (χ3n) is 9.88. The molecule has 0 heterocycles. The van der Waals surface area contributed by atoms with Gasteiger partial charge in [-0.1, -0.05) is 6.42 Å². The van der Waals surface area contributed by atoms with E-state index in [2.05, 4.69) is 4.90 Å². The highest BCUT2D eigenvalue weighted by Gasteiger charge is 2.64. The summed E-state index contributed by atoms with van der Waals surface area (Å²) in [5.74, 6) is -7.40. The number of benzene rings is 1. The van der Waals surface area contributed by atoms with E-state index in [1.54, 1.807) is 0 Å². The number of fused-ring (bicyclic) bond motifs is 3. The maximum absolute atomic E-state index is 16.2. The van der Waals surface area contributed by atoms with Crippen LogP contribution in [0.2, 0.25) is 0 Å². The highest BCUT2D eigenvalue weighted by atomic mass is 19.1. The van der Waals surface area contributed by atoms with Gasteiger partial charge in [0.2, 0.25) is 5.78 Å². The molecule has 10 nitrogen and oxygen atoms in total. The first-order valence-corrected chi connectivity index (χ1v) is 14.3. The lowest BCUT2D eigenvalue weighted by Crippen LogP contribution is -2.65. The standard InChI is InChI=1S/C30H36FN3O7/c1-33(2)24-18-9-14-8-17-21(25(36)20(14)27(38)30(18,41)28(39)22(26(24)37)29(32)40)19(35)10-15(23(17)31)12-34(11-13-6-7-13)16-4-3-5-16/h10,13-14,16,18,24,35-36,39,41H,3-9,11-12H2,1-2H3,(H2,32,40)/t14-,18-,24-,30-/m0/s1. The quantitative estimate of drug-likeness (QED) is 0.308. The van der Waals surface area contributed by atoms with Gasteiger partial charge in [-0.3, -0.25) is 24.2 Å². The van der Waals surface area contributed by atoms with Crippen molar-refractivity contribution in [2.24, 2.45) is 23.5 Å². The number of rotatable bonds is 7. The summed E-state index contributed by atoms with van der Waals surface area (Å²) in [4.78, 5) is 42.9. The van der Waals surface area contributed by atoms with Crippen molar-refractivity contribution in [3.8, 4) is 5.75 Å². The maximum atomic E-state index is 16.2. The van der Waals surface area contributed by atoms with Crippen molar-refractivity contribution < 1.29 is 39.2 Å². The molecule has 0 aliphatic heterocycles. The zero-order chi connectivity index (χ0) is 29.5. The molecule has 3 fully saturated rings. The Morgan fingerprint density at radius 3 is 2.39 bits per heavy atom. The topological polar surface area (TPSA) is 165 Å². The first kappa shape index (κ1) is 27.9. The number of aromatic hydroxyl groups is 1. The van der Waals surface area contributed by atoms with E-state index in [4.69, 9.17) is 5.73 Å². The summed E-state index contributed by atoms with van der Waals surface area (Å²) in [7, 11) is 3.07. The van der Waals surface area contributed by atoms with Crippen LogP contribution in [0.3, 0.4) is 0 Å². The molecule has 5 aliphatic carbocycles. The number of likely N-dealkylation sites (N-methyl/N-ethyl adjacent to an activating group) is 1. The van der Waals surface area contributed by atoms with E-state index in [0.717, 1.165) is 38.6 Å². The van der Waals surface area contributed by atoms with Gasteiger partial charge in [-0.2, -0.15) is 0 Å². The van der Waals surface area contributed by atoms with Gasteiger partial charge in [0.25, 0.3) is 5.91 Å². The average molecular weight is 570 g/mol. The molecule has 41 heavy (non-hydrogen) atoms. The van der Waals surface area contributed by atoms with Crippen molar-refractivity contribution in [3.63, 3.8) is 0 Å². The van der Waals surface area contributed by atoms with E-state index < -0.39 is 63.9 Å². The largest absolute Gasteiger partial charge is 0.508 e. The van der Waals surface area contributed by atoms with Gasteiger partial charge in [0, 0.05) is 41.7 Å². The SMILES string of the molecule is CN(C)[C@@H]1C(=O)C(C(N)=O)=C(O)[C@@]2(O)C(=O)C3=C(O)c4c(O)cc(CN(CC5CC5)C5CCC5)c(F)c4C[C@H]3C[C@@H]12. The number of nitrogens with two attached hydrogens (primary N) is 1. The fourth-order valence-corrected chi connectivity index (χ4v) is 7.41. The number of nitrogens with zero attached hydrogens (tertiary/aromatic N) is 2. The third kappa shape index (κ3) is 4.11. The van der Waals surface area contributed by atoms with Crippen LogP contribution in [-0.4, -0.2) is 86.0 Å². The van der Waals surface area contributed by atoms with Crippen LogP contribution in [0.1, 0.15) is 55.2 Å². The van der Waals surface area contributed by atoms with Gasteiger partial charge >= 0.3 is 0 Å². The smallest absolute Gasteiger partial charge is 0.255 e. The van der Waals surface area contributed by atoms with Crippen molar-refractivity contribution in [1.82, 2.24) is 9.80 Å². The minimum Gasteiger partial charge on any atom is -0.508 e. The van der Waals surface area contributed by atoms with Crippen molar-refractivity contribution >= 4 is 23.2 Å². The second kappa shape index (κ2) is 9.64. The van der Waals surface area contributed by atoms with Crippen molar-refractivity contribution in [1.29, 1.82) is 0 Å². The van der Waals surface area contributed by atoms with Gasteiger partial charge in [0.05, 0.1) is 11.6 Å². The van der Waals surface area contributed by atoms with Crippen molar-refractivity contribution in [2.75, 3.05) is 20.6 Å². The lowest BCUT2D eigenvalue weighted by atomic mass is 9.57. The Morgan fingerprint density at radius 2 is 1.83 bits per heavy atom. The fourth-order valence-electron chi connectivity index (χ4n) is 7.41. The monoisotopic (exact) mass is 569 g/mol. The van der Waals surface area contributed by atoms with Crippen LogP contribution < -0.4 is 5.73 Å². The van der Waals surface area contributed by atoms with Crippen LogP contribution in [0.5, 0.6) is 5.75 Å². The molecule has 0 bridgehead atoms. The second-order valence-corrected chi connectivity index (χ2v) is 12.6. The molecule has 1 amide bonds. The van der Waals surface area contributed by atoms with Crippen LogP contribution in [0.4, 0.5) is 4.39 Å². The molecule has 220 valence electrons. The van der Waals surface area contributed by atoms with E-state index >= 15 is 4.39 Å². The number of phenols is 1. The first-order valence-electron chi connectivity index (χ1n) is 14.3. The summed E-state index contributed by atoms with van der Waals surface area (Å²) in [5.41, 5.74) is 1.64. The van der Waals surface area contributed by atoms with Crippen molar-refractivity contribution in [2.45, 2.75) is 69.2 Å². The van der Waals surface area contributed by atoms with E-state index in [0.29, 0.717) is 24.1 Å². The molecular formula is C30H36FN3O7. The van der Waals surface area contributed by atoms with Crippen LogP contribution in [0, 0.1) is 23.6 Å². The Kier molecular flexibility index (Phi) is 6.55. The zero-order valence-corrected chi connectivity index (χ0v) is 23.2. The van der Waals surface area contributed by atoms with E-state index in [1.165, 1.54) is 25.1 Å². The van der Waals surface area contributed by atoms with E-state index in [1.807, 2.05) is 0 Å². The number of aliphatic hydroxyl groups is 3. The molecule has 1 aromatic carbocycles.